The Morgan fingerprint density at radius 3 is 2.36 bits per heavy atom. The van der Waals surface area contributed by atoms with E-state index in [0.29, 0.717) is 5.54 Å². The molecule has 5 rings (SSSR count). The predicted octanol–water partition coefficient (Wildman–Crippen LogP) is 4.67. The molecule has 2 heteroatoms. The Bertz CT molecular complexity index is 531. The highest BCUT2D eigenvalue weighted by Gasteiger charge is 2.50. The molecular weight excluding hydrogens is 268 g/mol. The van der Waals surface area contributed by atoms with Crippen LogP contribution in [0.15, 0.2) is 12.1 Å². The molecule has 2 nitrogen and oxygen atoms in total. The van der Waals surface area contributed by atoms with E-state index in [0.717, 1.165) is 30.7 Å². The summed E-state index contributed by atoms with van der Waals surface area (Å²) in [4.78, 5) is 3.64. The van der Waals surface area contributed by atoms with E-state index in [4.69, 9.17) is 0 Å². The van der Waals surface area contributed by atoms with Crippen LogP contribution in [0.2, 0.25) is 0 Å². The molecule has 0 aliphatic heterocycles. The van der Waals surface area contributed by atoms with Crippen LogP contribution in [0.4, 0.5) is 0 Å². The first-order valence-electron chi connectivity index (χ1n) is 9.28. The van der Waals surface area contributed by atoms with Gasteiger partial charge in [0, 0.05) is 23.5 Å². The lowest BCUT2D eigenvalue weighted by Gasteiger charge is -2.57. The highest BCUT2D eigenvalue weighted by atomic mass is 15.0. The molecule has 1 aromatic heterocycles. The zero-order valence-corrected chi connectivity index (χ0v) is 14.1. The maximum Gasteiger partial charge on any atom is 0.0362 e. The van der Waals surface area contributed by atoms with Crippen molar-refractivity contribution in [3.63, 3.8) is 0 Å². The SMILES string of the molecule is CC=Cc1cc(CNC23CC4CC(CC(C4)C2)C3)[nH]c1CC. The normalized spacial score (nSPS) is 36.5. The number of aromatic nitrogens is 1. The van der Waals surface area contributed by atoms with Gasteiger partial charge in [-0.15, -0.1) is 0 Å². The third-order valence-electron chi connectivity index (χ3n) is 6.38. The van der Waals surface area contributed by atoms with Crippen LogP contribution in [-0.2, 0) is 13.0 Å². The van der Waals surface area contributed by atoms with Gasteiger partial charge in [-0.1, -0.05) is 19.1 Å². The first-order valence-corrected chi connectivity index (χ1v) is 9.28. The second kappa shape index (κ2) is 5.56. The van der Waals surface area contributed by atoms with E-state index in [-0.39, 0.29) is 0 Å². The van der Waals surface area contributed by atoms with Gasteiger partial charge in [0.1, 0.15) is 0 Å². The molecule has 120 valence electrons. The van der Waals surface area contributed by atoms with Crippen molar-refractivity contribution in [2.45, 2.75) is 70.9 Å². The minimum Gasteiger partial charge on any atom is -0.361 e. The zero-order valence-electron chi connectivity index (χ0n) is 14.1. The van der Waals surface area contributed by atoms with Gasteiger partial charge in [0.05, 0.1) is 0 Å². The maximum absolute atomic E-state index is 3.99. The minimum atomic E-state index is 0.465. The molecule has 1 heterocycles. The number of rotatable bonds is 5. The molecule has 2 N–H and O–H groups in total. The Balaban J connectivity index is 1.46. The highest BCUT2D eigenvalue weighted by molar-refractivity contribution is 5.53. The van der Waals surface area contributed by atoms with Crippen LogP contribution >= 0.6 is 0 Å². The molecule has 0 spiro atoms. The summed E-state index contributed by atoms with van der Waals surface area (Å²) in [6.45, 7) is 5.34. The van der Waals surface area contributed by atoms with Gasteiger partial charge in [0.25, 0.3) is 0 Å². The summed E-state index contributed by atoms with van der Waals surface area (Å²) in [6.07, 6.45) is 14.3. The minimum absolute atomic E-state index is 0.465. The van der Waals surface area contributed by atoms with E-state index in [9.17, 15) is 0 Å². The summed E-state index contributed by atoms with van der Waals surface area (Å²) < 4.78 is 0. The number of aromatic amines is 1. The van der Waals surface area contributed by atoms with Crippen LogP contribution in [0.25, 0.3) is 6.08 Å². The second-order valence-electron chi connectivity index (χ2n) is 8.13. The van der Waals surface area contributed by atoms with Gasteiger partial charge in [-0.05, 0) is 81.3 Å². The average Bonchev–Trinajstić information content (AvgIpc) is 2.87. The van der Waals surface area contributed by atoms with Gasteiger partial charge in [0.15, 0.2) is 0 Å². The summed E-state index contributed by atoms with van der Waals surface area (Å²) in [5.74, 6) is 3.06. The number of nitrogens with one attached hydrogen (secondary N) is 2. The molecule has 0 aromatic carbocycles. The molecule has 0 amide bonds. The van der Waals surface area contributed by atoms with E-state index in [1.165, 1.54) is 55.5 Å². The van der Waals surface area contributed by atoms with E-state index < -0.39 is 0 Å². The van der Waals surface area contributed by atoms with Gasteiger partial charge in [-0.3, -0.25) is 0 Å². The number of hydrogen-bond acceptors (Lipinski definition) is 1. The van der Waals surface area contributed by atoms with Crippen molar-refractivity contribution in [3.8, 4) is 0 Å². The van der Waals surface area contributed by atoms with Crippen molar-refractivity contribution in [3.05, 3.63) is 29.1 Å². The molecule has 4 bridgehead atoms. The monoisotopic (exact) mass is 298 g/mol. The fourth-order valence-corrected chi connectivity index (χ4v) is 5.90. The first-order chi connectivity index (χ1) is 10.7. The lowest BCUT2D eigenvalue weighted by atomic mass is 9.53. The van der Waals surface area contributed by atoms with Crippen LogP contribution in [-0.4, -0.2) is 10.5 Å². The molecule has 0 atom stereocenters. The van der Waals surface area contributed by atoms with Crippen LogP contribution in [0.3, 0.4) is 0 Å². The fourth-order valence-electron chi connectivity index (χ4n) is 5.90. The Labute approximate surface area is 134 Å². The summed E-state index contributed by atoms with van der Waals surface area (Å²) >= 11 is 0. The third kappa shape index (κ3) is 2.56. The van der Waals surface area contributed by atoms with Gasteiger partial charge in [0.2, 0.25) is 0 Å². The maximum atomic E-state index is 3.99. The first kappa shape index (κ1) is 14.6. The van der Waals surface area contributed by atoms with Crippen molar-refractivity contribution in [2.24, 2.45) is 17.8 Å². The van der Waals surface area contributed by atoms with Gasteiger partial charge in [-0.2, -0.15) is 0 Å². The predicted molar refractivity (Wildman–Crippen MR) is 92.6 cm³/mol. The molecule has 0 saturated heterocycles. The summed E-state index contributed by atoms with van der Waals surface area (Å²) in [5, 5.41) is 3.99. The van der Waals surface area contributed by atoms with E-state index in [2.05, 4.69) is 42.4 Å². The molecule has 22 heavy (non-hydrogen) atoms. The smallest absolute Gasteiger partial charge is 0.0362 e. The average molecular weight is 298 g/mol. The van der Waals surface area contributed by atoms with Crippen molar-refractivity contribution in [2.75, 3.05) is 0 Å². The Morgan fingerprint density at radius 1 is 1.18 bits per heavy atom. The van der Waals surface area contributed by atoms with Gasteiger partial charge < -0.3 is 10.3 Å². The van der Waals surface area contributed by atoms with Crippen molar-refractivity contribution >= 4 is 6.08 Å². The van der Waals surface area contributed by atoms with Crippen LogP contribution in [0.5, 0.6) is 0 Å². The molecule has 4 fully saturated rings. The number of aryl methyl sites for hydroxylation is 1. The molecular formula is C20H30N2. The topological polar surface area (TPSA) is 27.8 Å². The van der Waals surface area contributed by atoms with E-state index in [1.54, 1.807) is 0 Å². The largest absolute Gasteiger partial charge is 0.361 e. The standard InChI is InChI=1S/C20H30N2/c1-3-5-17-9-18(22-19(17)4-2)13-21-20-10-14-6-15(11-20)8-16(7-14)12-20/h3,5,9,14-16,21-22H,4,6-8,10-13H2,1-2H3. The summed E-state index contributed by atoms with van der Waals surface area (Å²) in [6, 6.07) is 2.34. The Hall–Kier alpha value is -1.02. The summed E-state index contributed by atoms with van der Waals surface area (Å²) in [7, 11) is 0. The molecule has 0 radical (unpaired) electrons. The molecule has 1 aromatic rings. The zero-order chi connectivity index (χ0) is 15.2. The molecule has 4 saturated carbocycles. The third-order valence-corrected chi connectivity index (χ3v) is 6.38. The quantitative estimate of drug-likeness (QED) is 0.812. The fraction of sp³-hybridized carbons (Fsp3) is 0.700. The lowest BCUT2D eigenvalue weighted by Crippen LogP contribution is -2.58. The lowest BCUT2D eigenvalue weighted by molar-refractivity contribution is -0.0207. The van der Waals surface area contributed by atoms with Gasteiger partial charge in [-0.25, -0.2) is 0 Å². The van der Waals surface area contributed by atoms with E-state index in [1.807, 2.05) is 0 Å². The van der Waals surface area contributed by atoms with Crippen molar-refractivity contribution < 1.29 is 0 Å². The van der Waals surface area contributed by atoms with Crippen LogP contribution in [0, 0.1) is 17.8 Å². The molecule has 4 aliphatic rings. The molecule has 4 aliphatic carbocycles. The summed E-state index contributed by atoms with van der Waals surface area (Å²) in [5.41, 5.74) is 4.57. The Morgan fingerprint density at radius 2 is 1.82 bits per heavy atom. The highest BCUT2D eigenvalue weighted by Crippen LogP contribution is 2.55. The Kier molecular flexibility index (Phi) is 3.68. The number of H-pyrrole nitrogens is 1. The number of hydrogen-bond donors (Lipinski definition) is 2. The number of allylic oxidation sites excluding steroid dienone is 1. The van der Waals surface area contributed by atoms with E-state index >= 15 is 0 Å². The van der Waals surface area contributed by atoms with Crippen molar-refractivity contribution in [1.82, 2.24) is 10.3 Å². The van der Waals surface area contributed by atoms with Crippen LogP contribution < -0.4 is 5.32 Å². The molecule has 0 unspecified atom stereocenters. The van der Waals surface area contributed by atoms with Crippen molar-refractivity contribution in [1.29, 1.82) is 0 Å². The van der Waals surface area contributed by atoms with Crippen LogP contribution in [0.1, 0.15) is 69.3 Å². The second-order valence-corrected chi connectivity index (χ2v) is 8.13. The van der Waals surface area contributed by atoms with Gasteiger partial charge >= 0.3 is 0 Å².